The van der Waals surface area contributed by atoms with E-state index < -0.39 is 0 Å². The van der Waals surface area contributed by atoms with E-state index in [1.54, 1.807) is 42.5 Å². The first kappa shape index (κ1) is 17.8. The molecule has 0 atom stereocenters. The highest BCUT2D eigenvalue weighted by Crippen LogP contribution is 2.26. The summed E-state index contributed by atoms with van der Waals surface area (Å²) in [5.74, 6) is 1.21. The molecular weight excluding hydrogens is 338 g/mol. The van der Waals surface area contributed by atoms with Crippen LogP contribution in [0.5, 0.6) is 11.5 Å². The maximum Gasteiger partial charge on any atom is 0.125 e. The van der Waals surface area contributed by atoms with Crippen molar-refractivity contribution < 1.29 is 9.47 Å². The number of benzene rings is 3. The lowest BCUT2D eigenvalue weighted by Crippen LogP contribution is -1.99. The zero-order valence-corrected chi connectivity index (χ0v) is 14.6. The van der Waals surface area contributed by atoms with Crippen LogP contribution < -0.4 is 15.2 Å². The molecule has 0 spiro atoms. The van der Waals surface area contributed by atoms with E-state index in [4.69, 9.17) is 25.7 Å². The Labute approximate surface area is 157 Å². The van der Waals surface area contributed by atoms with Gasteiger partial charge in [0, 0.05) is 23.9 Å². The third-order valence-corrected chi connectivity index (χ3v) is 3.88. The van der Waals surface area contributed by atoms with E-state index in [1.807, 2.05) is 24.3 Å². The number of nitrogen functional groups attached to an aromatic ring is 1. The molecule has 3 aromatic carbocycles. The van der Waals surface area contributed by atoms with Crippen molar-refractivity contribution >= 4 is 5.69 Å². The van der Waals surface area contributed by atoms with Gasteiger partial charge in [-0.25, -0.2) is 0 Å². The molecular formula is C22H17N3O2. The second kappa shape index (κ2) is 8.42. The van der Waals surface area contributed by atoms with Gasteiger partial charge in [0.15, 0.2) is 0 Å². The molecule has 0 aliphatic carbocycles. The van der Waals surface area contributed by atoms with Crippen molar-refractivity contribution in [3.05, 3.63) is 89.0 Å². The van der Waals surface area contributed by atoms with Crippen LogP contribution in [0, 0.1) is 22.7 Å². The van der Waals surface area contributed by atoms with E-state index in [1.165, 1.54) is 0 Å². The van der Waals surface area contributed by atoms with Crippen molar-refractivity contribution in [3.8, 4) is 23.6 Å². The van der Waals surface area contributed by atoms with Crippen LogP contribution >= 0.6 is 0 Å². The summed E-state index contributed by atoms with van der Waals surface area (Å²) < 4.78 is 11.6. The molecule has 3 aromatic rings. The van der Waals surface area contributed by atoms with Gasteiger partial charge in [0.05, 0.1) is 23.3 Å². The molecule has 0 saturated heterocycles. The van der Waals surface area contributed by atoms with Crippen molar-refractivity contribution in [3.63, 3.8) is 0 Å². The maximum atomic E-state index is 8.83. The van der Waals surface area contributed by atoms with Crippen LogP contribution in [0.1, 0.15) is 22.3 Å². The predicted octanol–water partition coefficient (Wildman–Crippen LogP) is 4.17. The highest BCUT2D eigenvalue weighted by molar-refractivity contribution is 5.50. The van der Waals surface area contributed by atoms with E-state index >= 15 is 0 Å². The van der Waals surface area contributed by atoms with Crippen molar-refractivity contribution in [2.24, 2.45) is 0 Å². The quantitative estimate of drug-likeness (QED) is 0.670. The van der Waals surface area contributed by atoms with Gasteiger partial charge in [-0.3, -0.25) is 0 Å². The standard InChI is InChI=1S/C22H17N3O2/c23-12-16-1-5-18(6-2-16)14-26-21-9-20(25)10-22(11-21)27-15-19-7-3-17(13-24)4-8-19/h1-11H,14-15,25H2. The van der Waals surface area contributed by atoms with Gasteiger partial charge in [0.1, 0.15) is 24.7 Å². The Balaban J connectivity index is 1.62. The van der Waals surface area contributed by atoms with Crippen LogP contribution in [0.2, 0.25) is 0 Å². The minimum atomic E-state index is 0.365. The number of anilines is 1. The molecule has 3 rings (SSSR count). The van der Waals surface area contributed by atoms with Gasteiger partial charge in [-0.1, -0.05) is 24.3 Å². The normalized spacial score (nSPS) is 9.85. The smallest absolute Gasteiger partial charge is 0.125 e. The first-order valence-electron chi connectivity index (χ1n) is 8.30. The first-order valence-corrected chi connectivity index (χ1v) is 8.30. The lowest BCUT2D eigenvalue weighted by Gasteiger charge is -2.11. The Morgan fingerprint density at radius 2 is 1.07 bits per heavy atom. The van der Waals surface area contributed by atoms with Gasteiger partial charge >= 0.3 is 0 Å². The number of hydrogen-bond donors (Lipinski definition) is 1. The number of rotatable bonds is 6. The Morgan fingerprint density at radius 1 is 0.667 bits per heavy atom. The molecule has 0 aliphatic rings. The van der Waals surface area contributed by atoms with E-state index in [9.17, 15) is 0 Å². The minimum absolute atomic E-state index is 0.365. The number of hydrogen-bond acceptors (Lipinski definition) is 5. The summed E-state index contributed by atoms with van der Waals surface area (Å²) in [5, 5.41) is 17.7. The average Bonchev–Trinajstić information content (AvgIpc) is 2.71. The molecule has 5 heteroatoms. The second-order valence-electron chi connectivity index (χ2n) is 5.93. The molecule has 0 unspecified atom stereocenters. The van der Waals surface area contributed by atoms with Crippen LogP contribution in [0.4, 0.5) is 5.69 Å². The SMILES string of the molecule is N#Cc1ccc(COc2cc(N)cc(OCc3ccc(C#N)cc3)c2)cc1. The molecule has 2 N–H and O–H groups in total. The predicted molar refractivity (Wildman–Crippen MR) is 102 cm³/mol. The van der Waals surface area contributed by atoms with Gasteiger partial charge in [-0.05, 0) is 35.4 Å². The van der Waals surface area contributed by atoms with Crippen molar-refractivity contribution in [2.45, 2.75) is 13.2 Å². The maximum absolute atomic E-state index is 8.83. The topological polar surface area (TPSA) is 92.1 Å². The summed E-state index contributed by atoms with van der Waals surface area (Å²) in [7, 11) is 0. The zero-order chi connectivity index (χ0) is 19.1. The average molecular weight is 355 g/mol. The number of nitrogens with two attached hydrogens (primary N) is 1. The van der Waals surface area contributed by atoms with Crippen LogP contribution in [-0.4, -0.2) is 0 Å². The third kappa shape index (κ3) is 5.01. The largest absolute Gasteiger partial charge is 0.489 e. The van der Waals surface area contributed by atoms with Gasteiger partial charge < -0.3 is 15.2 Å². The molecule has 0 radical (unpaired) electrons. The molecule has 132 valence electrons. The molecule has 27 heavy (non-hydrogen) atoms. The van der Waals surface area contributed by atoms with E-state index in [2.05, 4.69) is 12.1 Å². The summed E-state index contributed by atoms with van der Waals surface area (Å²) in [5.41, 5.74) is 9.62. The Morgan fingerprint density at radius 3 is 1.44 bits per heavy atom. The second-order valence-corrected chi connectivity index (χ2v) is 5.93. The van der Waals surface area contributed by atoms with Crippen molar-refractivity contribution in [1.82, 2.24) is 0 Å². The van der Waals surface area contributed by atoms with Gasteiger partial charge in [-0.15, -0.1) is 0 Å². The number of nitrogens with zero attached hydrogens (tertiary/aromatic N) is 2. The lowest BCUT2D eigenvalue weighted by molar-refractivity contribution is 0.290. The van der Waals surface area contributed by atoms with E-state index in [0.29, 0.717) is 41.5 Å². The van der Waals surface area contributed by atoms with E-state index in [-0.39, 0.29) is 0 Å². The third-order valence-electron chi connectivity index (χ3n) is 3.88. The summed E-state index contributed by atoms with van der Waals surface area (Å²) in [6, 6.07) is 23.9. The van der Waals surface area contributed by atoms with E-state index in [0.717, 1.165) is 11.1 Å². The highest BCUT2D eigenvalue weighted by Gasteiger charge is 2.04. The van der Waals surface area contributed by atoms with Crippen LogP contribution in [0.15, 0.2) is 66.7 Å². The summed E-state index contributed by atoms with van der Waals surface area (Å²) in [6.07, 6.45) is 0. The van der Waals surface area contributed by atoms with Gasteiger partial charge in [0.2, 0.25) is 0 Å². The summed E-state index contributed by atoms with van der Waals surface area (Å²) in [4.78, 5) is 0. The number of nitriles is 2. The fraction of sp³-hybridized carbons (Fsp3) is 0.0909. The Kier molecular flexibility index (Phi) is 5.57. The zero-order valence-electron chi connectivity index (χ0n) is 14.6. The molecule has 0 amide bonds. The van der Waals surface area contributed by atoms with Crippen molar-refractivity contribution in [2.75, 3.05) is 5.73 Å². The molecule has 0 aromatic heterocycles. The van der Waals surface area contributed by atoms with Crippen LogP contribution in [0.25, 0.3) is 0 Å². The lowest BCUT2D eigenvalue weighted by atomic mass is 10.1. The molecule has 0 bridgehead atoms. The molecule has 5 nitrogen and oxygen atoms in total. The highest BCUT2D eigenvalue weighted by atomic mass is 16.5. The fourth-order valence-electron chi connectivity index (χ4n) is 2.44. The summed E-state index contributed by atoms with van der Waals surface area (Å²) >= 11 is 0. The van der Waals surface area contributed by atoms with Gasteiger partial charge in [0.25, 0.3) is 0 Å². The molecule has 0 aliphatic heterocycles. The molecule has 0 heterocycles. The van der Waals surface area contributed by atoms with Crippen molar-refractivity contribution in [1.29, 1.82) is 10.5 Å². The first-order chi connectivity index (χ1) is 13.2. The van der Waals surface area contributed by atoms with Gasteiger partial charge in [-0.2, -0.15) is 10.5 Å². The molecule has 0 fully saturated rings. The minimum Gasteiger partial charge on any atom is -0.489 e. The Hall–Kier alpha value is -3.96. The number of ether oxygens (including phenoxy) is 2. The van der Waals surface area contributed by atoms with Crippen LogP contribution in [-0.2, 0) is 13.2 Å². The Bertz CT molecular complexity index is 918. The molecule has 0 saturated carbocycles. The van der Waals surface area contributed by atoms with Crippen LogP contribution in [0.3, 0.4) is 0 Å². The monoisotopic (exact) mass is 355 g/mol. The fourth-order valence-corrected chi connectivity index (χ4v) is 2.44. The summed E-state index contributed by atoms with van der Waals surface area (Å²) in [6.45, 7) is 0.731.